The number of fused-ring (bicyclic) bond motifs is 1. The molecule has 0 radical (unpaired) electrons. The van der Waals surface area contributed by atoms with Gasteiger partial charge in [-0.05, 0) is 36.8 Å². The topological polar surface area (TPSA) is 51.2 Å². The number of aliphatic hydroxyl groups is 1. The third kappa shape index (κ3) is 2.20. The fraction of sp³-hybridized carbons (Fsp3) is 0.267. The number of hydrogen-bond donors (Lipinski definition) is 1. The number of benzene rings is 1. The third-order valence-corrected chi connectivity index (χ3v) is 3.23. The zero-order chi connectivity index (χ0) is 14.1. The van der Waals surface area contributed by atoms with Gasteiger partial charge in [0.25, 0.3) is 0 Å². The smallest absolute Gasteiger partial charge is 0.153 e. The van der Waals surface area contributed by atoms with E-state index in [0.717, 1.165) is 13.0 Å². The largest absolute Gasteiger partial charge is 0.458 e. The lowest BCUT2D eigenvalue weighted by Gasteiger charge is -2.10. The molecule has 0 bridgehead atoms. The van der Waals surface area contributed by atoms with Gasteiger partial charge in [-0.1, -0.05) is 6.92 Å². The molecule has 0 aliphatic rings. The maximum Gasteiger partial charge on any atom is 0.153 e. The SMILES string of the molecule is CCCn1nccc1C(O)c1cc2cc(F)ccc2o1. The van der Waals surface area contributed by atoms with Crippen LogP contribution in [0.4, 0.5) is 4.39 Å². The second kappa shape index (κ2) is 5.09. The second-order valence-corrected chi connectivity index (χ2v) is 4.71. The molecule has 1 unspecified atom stereocenters. The van der Waals surface area contributed by atoms with Crippen molar-refractivity contribution in [2.24, 2.45) is 0 Å². The van der Waals surface area contributed by atoms with Crippen molar-refractivity contribution in [3.05, 3.63) is 53.8 Å². The highest BCUT2D eigenvalue weighted by molar-refractivity contribution is 5.78. The molecular formula is C15H15FN2O2. The average Bonchev–Trinajstić information content (AvgIpc) is 3.04. The molecule has 0 aliphatic heterocycles. The highest BCUT2D eigenvalue weighted by Crippen LogP contribution is 2.28. The molecule has 0 aliphatic carbocycles. The number of nitrogens with zero attached hydrogens (tertiary/aromatic N) is 2. The average molecular weight is 274 g/mol. The van der Waals surface area contributed by atoms with Crippen LogP contribution in [0, 0.1) is 5.82 Å². The zero-order valence-corrected chi connectivity index (χ0v) is 11.1. The molecule has 0 fully saturated rings. The fourth-order valence-corrected chi connectivity index (χ4v) is 2.29. The van der Waals surface area contributed by atoms with Crippen LogP contribution in [0.3, 0.4) is 0 Å². The molecule has 3 rings (SSSR count). The normalized spacial score (nSPS) is 12.9. The summed E-state index contributed by atoms with van der Waals surface area (Å²) in [6.45, 7) is 2.77. The molecule has 5 heteroatoms. The van der Waals surface area contributed by atoms with Crippen molar-refractivity contribution in [2.45, 2.75) is 26.0 Å². The molecule has 104 valence electrons. The Balaban J connectivity index is 1.99. The Morgan fingerprint density at radius 1 is 1.35 bits per heavy atom. The Labute approximate surface area is 115 Å². The van der Waals surface area contributed by atoms with Crippen molar-refractivity contribution in [3.8, 4) is 0 Å². The lowest BCUT2D eigenvalue weighted by Crippen LogP contribution is -2.09. The van der Waals surface area contributed by atoms with E-state index in [-0.39, 0.29) is 5.82 Å². The van der Waals surface area contributed by atoms with Crippen LogP contribution in [-0.4, -0.2) is 14.9 Å². The fourth-order valence-electron chi connectivity index (χ4n) is 2.29. The van der Waals surface area contributed by atoms with Crippen molar-refractivity contribution in [1.29, 1.82) is 0 Å². The molecule has 0 saturated heterocycles. The molecule has 3 aromatic rings. The predicted molar refractivity (Wildman–Crippen MR) is 72.8 cm³/mol. The van der Waals surface area contributed by atoms with E-state index in [0.29, 0.717) is 22.4 Å². The summed E-state index contributed by atoms with van der Waals surface area (Å²) in [4.78, 5) is 0. The van der Waals surface area contributed by atoms with Crippen LogP contribution in [0.15, 0.2) is 40.9 Å². The van der Waals surface area contributed by atoms with E-state index >= 15 is 0 Å². The first kappa shape index (κ1) is 12.9. The van der Waals surface area contributed by atoms with Crippen LogP contribution in [-0.2, 0) is 6.54 Å². The summed E-state index contributed by atoms with van der Waals surface area (Å²) < 4.78 is 20.5. The van der Waals surface area contributed by atoms with Crippen molar-refractivity contribution >= 4 is 11.0 Å². The molecule has 1 atom stereocenters. The monoisotopic (exact) mass is 274 g/mol. The van der Waals surface area contributed by atoms with E-state index in [4.69, 9.17) is 4.42 Å². The van der Waals surface area contributed by atoms with Gasteiger partial charge in [-0.25, -0.2) is 4.39 Å². The summed E-state index contributed by atoms with van der Waals surface area (Å²) >= 11 is 0. The van der Waals surface area contributed by atoms with Gasteiger partial charge in [-0.15, -0.1) is 0 Å². The maximum atomic E-state index is 13.2. The second-order valence-electron chi connectivity index (χ2n) is 4.71. The van der Waals surface area contributed by atoms with Gasteiger partial charge in [0.15, 0.2) is 6.10 Å². The van der Waals surface area contributed by atoms with Crippen LogP contribution in [0.2, 0.25) is 0 Å². The van der Waals surface area contributed by atoms with Crippen molar-refractivity contribution < 1.29 is 13.9 Å². The highest BCUT2D eigenvalue weighted by atomic mass is 19.1. The first-order valence-electron chi connectivity index (χ1n) is 6.58. The molecule has 0 saturated carbocycles. The summed E-state index contributed by atoms with van der Waals surface area (Å²) in [5, 5.41) is 15.2. The van der Waals surface area contributed by atoms with E-state index in [1.807, 2.05) is 6.92 Å². The van der Waals surface area contributed by atoms with Gasteiger partial charge in [0.2, 0.25) is 0 Å². The molecular weight excluding hydrogens is 259 g/mol. The maximum absolute atomic E-state index is 13.2. The number of hydrogen-bond acceptors (Lipinski definition) is 3. The van der Waals surface area contributed by atoms with E-state index in [1.54, 1.807) is 29.1 Å². The quantitative estimate of drug-likeness (QED) is 0.794. The van der Waals surface area contributed by atoms with Gasteiger partial charge in [0.1, 0.15) is 17.2 Å². The van der Waals surface area contributed by atoms with Gasteiger partial charge < -0.3 is 9.52 Å². The van der Waals surface area contributed by atoms with E-state index in [1.165, 1.54) is 12.1 Å². The number of rotatable bonds is 4. The van der Waals surface area contributed by atoms with Crippen LogP contribution in [0.25, 0.3) is 11.0 Å². The molecule has 20 heavy (non-hydrogen) atoms. The minimum Gasteiger partial charge on any atom is -0.458 e. The summed E-state index contributed by atoms with van der Waals surface area (Å²) in [5.74, 6) is 0.0683. The van der Waals surface area contributed by atoms with Crippen LogP contribution >= 0.6 is 0 Å². The number of furan rings is 1. The lowest BCUT2D eigenvalue weighted by atomic mass is 10.2. The molecule has 0 spiro atoms. The number of aliphatic hydroxyl groups excluding tert-OH is 1. The molecule has 1 aromatic carbocycles. The number of aryl methyl sites for hydroxylation is 1. The zero-order valence-electron chi connectivity index (χ0n) is 11.1. The van der Waals surface area contributed by atoms with Crippen LogP contribution < -0.4 is 0 Å². The molecule has 1 N–H and O–H groups in total. The Morgan fingerprint density at radius 3 is 3.00 bits per heavy atom. The number of aromatic nitrogens is 2. The number of halogens is 1. The Hall–Kier alpha value is -2.14. The Bertz CT molecular complexity index is 732. The molecule has 2 aromatic heterocycles. The van der Waals surface area contributed by atoms with E-state index in [2.05, 4.69) is 5.10 Å². The summed E-state index contributed by atoms with van der Waals surface area (Å²) in [6.07, 6.45) is 1.67. The summed E-state index contributed by atoms with van der Waals surface area (Å²) in [7, 11) is 0. The van der Waals surface area contributed by atoms with Crippen molar-refractivity contribution in [1.82, 2.24) is 9.78 Å². The minimum absolute atomic E-state index is 0.324. The van der Waals surface area contributed by atoms with E-state index in [9.17, 15) is 9.50 Å². The van der Waals surface area contributed by atoms with Gasteiger partial charge in [0.05, 0.1) is 5.69 Å². The Kier molecular flexibility index (Phi) is 3.28. The third-order valence-electron chi connectivity index (χ3n) is 3.23. The van der Waals surface area contributed by atoms with Gasteiger partial charge >= 0.3 is 0 Å². The van der Waals surface area contributed by atoms with Crippen LogP contribution in [0.5, 0.6) is 0 Å². The predicted octanol–water partition coefficient (Wildman–Crippen LogP) is 3.26. The van der Waals surface area contributed by atoms with E-state index < -0.39 is 6.10 Å². The van der Waals surface area contributed by atoms with Gasteiger partial charge in [-0.3, -0.25) is 4.68 Å². The first-order chi connectivity index (χ1) is 9.69. The van der Waals surface area contributed by atoms with Gasteiger partial charge in [0, 0.05) is 18.1 Å². The Morgan fingerprint density at radius 2 is 2.20 bits per heavy atom. The van der Waals surface area contributed by atoms with Gasteiger partial charge in [-0.2, -0.15) is 5.10 Å². The lowest BCUT2D eigenvalue weighted by molar-refractivity contribution is 0.181. The van der Waals surface area contributed by atoms with Crippen molar-refractivity contribution in [2.75, 3.05) is 0 Å². The minimum atomic E-state index is -0.903. The van der Waals surface area contributed by atoms with Crippen LogP contribution in [0.1, 0.15) is 30.9 Å². The van der Waals surface area contributed by atoms with Crippen molar-refractivity contribution in [3.63, 3.8) is 0 Å². The summed E-state index contributed by atoms with van der Waals surface area (Å²) in [6, 6.07) is 7.70. The highest BCUT2D eigenvalue weighted by Gasteiger charge is 2.19. The summed E-state index contributed by atoms with van der Waals surface area (Å²) in [5.41, 5.74) is 1.23. The molecule has 0 amide bonds. The first-order valence-corrected chi connectivity index (χ1v) is 6.58. The standard InChI is InChI=1S/C15H15FN2O2/c1-2-7-18-12(5-6-17-18)15(19)14-9-10-8-11(16)3-4-13(10)20-14/h3-6,8-9,15,19H,2,7H2,1H3. The molecule has 2 heterocycles. The molecule has 4 nitrogen and oxygen atoms in total.